The van der Waals surface area contributed by atoms with Crippen molar-refractivity contribution in [3.63, 3.8) is 0 Å². The van der Waals surface area contributed by atoms with Crippen molar-refractivity contribution in [2.24, 2.45) is 0 Å². The molecule has 3 aromatic rings. The van der Waals surface area contributed by atoms with E-state index in [1.807, 2.05) is 18.2 Å². The quantitative estimate of drug-likeness (QED) is 0.677. The lowest BCUT2D eigenvalue weighted by Gasteiger charge is -2.08. The summed E-state index contributed by atoms with van der Waals surface area (Å²) in [4.78, 5) is 4.76. The highest BCUT2D eigenvalue weighted by Gasteiger charge is 2.05. The highest BCUT2D eigenvalue weighted by Crippen LogP contribution is 2.26. The zero-order valence-electron chi connectivity index (χ0n) is 12.0. The summed E-state index contributed by atoms with van der Waals surface area (Å²) in [5.74, 6) is 0.860. The lowest BCUT2D eigenvalue weighted by atomic mass is 10.0. The summed E-state index contributed by atoms with van der Waals surface area (Å²) in [6.07, 6.45) is 0. The fourth-order valence-electron chi connectivity index (χ4n) is 2.48. The van der Waals surface area contributed by atoms with Gasteiger partial charge in [0.05, 0.1) is 18.3 Å². The van der Waals surface area contributed by atoms with Crippen LogP contribution in [0.2, 0.25) is 0 Å². The molecule has 0 unspecified atom stereocenters. The number of pyridine rings is 1. The molecule has 0 spiro atoms. The molecule has 20 heavy (non-hydrogen) atoms. The third-order valence-corrected chi connectivity index (χ3v) is 3.55. The largest absolute Gasteiger partial charge is 0.497 e. The van der Waals surface area contributed by atoms with Gasteiger partial charge in [0, 0.05) is 10.9 Å². The summed E-state index contributed by atoms with van der Waals surface area (Å²) < 4.78 is 5.24. The summed E-state index contributed by atoms with van der Waals surface area (Å²) in [7, 11) is 1.68. The number of fused-ring (bicyclic) bond motifs is 1. The number of hydrogen-bond acceptors (Lipinski definition) is 2. The van der Waals surface area contributed by atoms with E-state index in [4.69, 9.17) is 9.72 Å². The van der Waals surface area contributed by atoms with E-state index < -0.39 is 0 Å². The molecule has 0 radical (unpaired) electrons. The first-order valence-corrected chi connectivity index (χ1v) is 6.70. The number of aryl methyl sites for hydroxylation is 2. The van der Waals surface area contributed by atoms with E-state index in [-0.39, 0.29) is 0 Å². The monoisotopic (exact) mass is 263 g/mol. The maximum Gasteiger partial charge on any atom is 0.119 e. The second-order valence-electron chi connectivity index (χ2n) is 5.07. The van der Waals surface area contributed by atoms with E-state index in [2.05, 4.69) is 44.2 Å². The Kier molecular flexibility index (Phi) is 3.15. The first-order valence-electron chi connectivity index (χ1n) is 6.70. The Morgan fingerprint density at radius 2 is 1.75 bits per heavy atom. The zero-order chi connectivity index (χ0) is 14.1. The Bertz CT molecular complexity index is 777. The Morgan fingerprint density at radius 3 is 2.50 bits per heavy atom. The Morgan fingerprint density at radius 1 is 0.900 bits per heavy atom. The van der Waals surface area contributed by atoms with Gasteiger partial charge in [-0.3, -0.25) is 0 Å². The molecule has 0 aliphatic rings. The molecule has 1 aromatic heterocycles. The van der Waals surface area contributed by atoms with Gasteiger partial charge in [-0.2, -0.15) is 0 Å². The molecule has 2 aromatic carbocycles. The number of benzene rings is 2. The van der Waals surface area contributed by atoms with E-state index in [0.717, 1.165) is 22.3 Å². The van der Waals surface area contributed by atoms with Crippen molar-refractivity contribution in [1.29, 1.82) is 0 Å². The van der Waals surface area contributed by atoms with Gasteiger partial charge in [0.15, 0.2) is 0 Å². The standard InChI is InChI=1S/C18H17NO/c1-12-4-7-16(13(2)10-12)18-8-5-14-11-15(20-3)6-9-17(14)19-18/h4-11H,1-3H3. The molecule has 2 nitrogen and oxygen atoms in total. The van der Waals surface area contributed by atoms with Gasteiger partial charge in [-0.25, -0.2) is 4.98 Å². The summed E-state index contributed by atoms with van der Waals surface area (Å²) in [6.45, 7) is 4.24. The topological polar surface area (TPSA) is 22.1 Å². The predicted octanol–water partition coefficient (Wildman–Crippen LogP) is 4.53. The number of rotatable bonds is 2. The van der Waals surface area contributed by atoms with Crippen LogP contribution in [0.3, 0.4) is 0 Å². The van der Waals surface area contributed by atoms with Crippen LogP contribution in [-0.4, -0.2) is 12.1 Å². The van der Waals surface area contributed by atoms with Crippen molar-refractivity contribution in [3.8, 4) is 17.0 Å². The second kappa shape index (κ2) is 4.97. The minimum Gasteiger partial charge on any atom is -0.497 e. The smallest absolute Gasteiger partial charge is 0.119 e. The molecule has 0 N–H and O–H groups in total. The molecular formula is C18H17NO. The average molecular weight is 263 g/mol. The van der Waals surface area contributed by atoms with Crippen LogP contribution in [0.1, 0.15) is 11.1 Å². The van der Waals surface area contributed by atoms with Gasteiger partial charge in [-0.1, -0.05) is 29.8 Å². The van der Waals surface area contributed by atoms with Crippen molar-refractivity contribution >= 4 is 10.9 Å². The number of ether oxygens (including phenoxy) is 1. The summed E-state index contributed by atoms with van der Waals surface area (Å²) in [6, 6.07) is 16.6. The molecule has 0 saturated heterocycles. The highest BCUT2D eigenvalue weighted by molar-refractivity contribution is 5.83. The van der Waals surface area contributed by atoms with Crippen molar-refractivity contribution in [1.82, 2.24) is 4.98 Å². The van der Waals surface area contributed by atoms with Gasteiger partial charge in [0.25, 0.3) is 0 Å². The normalized spacial score (nSPS) is 10.8. The first kappa shape index (κ1) is 12.7. The third kappa shape index (κ3) is 2.25. The summed E-state index contributed by atoms with van der Waals surface area (Å²) in [5, 5.41) is 1.10. The second-order valence-corrected chi connectivity index (χ2v) is 5.07. The molecule has 0 atom stereocenters. The van der Waals surface area contributed by atoms with E-state index in [9.17, 15) is 0 Å². The Balaban J connectivity index is 2.13. The maximum absolute atomic E-state index is 5.24. The van der Waals surface area contributed by atoms with Crippen LogP contribution in [-0.2, 0) is 0 Å². The molecule has 1 heterocycles. The molecule has 0 aliphatic heterocycles. The van der Waals surface area contributed by atoms with Gasteiger partial charge in [-0.05, 0) is 43.7 Å². The minimum absolute atomic E-state index is 0.860. The van der Waals surface area contributed by atoms with Crippen molar-refractivity contribution in [3.05, 3.63) is 59.7 Å². The van der Waals surface area contributed by atoms with Crippen LogP contribution < -0.4 is 4.74 Å². The lowest BCUT2D eigenvalue weighted by molar-refractivity contribution is 0.415. The van der Waals surface area contributed by atoms with Gasteiger partial charge >= 0.3 is 0 Å². The fourth-order valence-corrected chi connectivity index (χ4v) is 2.48. The number of methoxy groups -OCH3 is 1. The summed E-state index contributed by atoms with van der Waals surface area (Å²) in [5.41, 5.74) is 5.72. The van der Waals surface area contributed by atoms with Crippen molar-refractivity contribution in [2.75, 3.05) is 7.11 Å². The SMILES string of the molecule is COc1ccc2nc(-c3ccc(C)cc3C)ccc2c1. The Hall–Kier alpha value is -2.35. The van der Waals surface area contributed by atoms with Crippen LogP contribution in [0.4, 0.5) is 0 Å². The van der Waals surface area contributed by atoms with E-state index in [0.29, 0.717) is 0 Å². The molecule has 0 bridgehead atoms. The zero-order valence-corrected chi connectivity index (χ0v) is 12.0. The molecule has 100 valence electrons. The van der Waals surface area contributed by atoms with E-state index >= 15 is 0 Å². The molecule has 0 amide bonds. The number of aromatic nitrogens is 1. The van der Waals surface area contributed by atoms with Gasteiger partial charge < -0.3 is 4.74 Å². The predicted molar refractivity (Wildman–Crippen MR) is 83.2 cm³/mol. The van der Waals surface area contributed by atoms with Gasteiger partial charge in [0.1, 0.15) is 5.75 Å². The minimum atomic E-state index is 0.860. The summed E-state index contributed by atoms with van der Waals surface area (Å²) >= 11 is 0. The van der Waals surface area contributed by atoms with Crippen LogP contribution in [0.5, 0.6) is 5.75 Å². The molecule has 0 saturated carbocycles. The lowest BCUT2D eigenvalue weighted by Crippen LogP contribution is -1.90. The maximum atomic E-state index is 5.24. The van der Waals surface area contributed by atoms with Gasteiger partial charge in [0.2, 0.25) is 0 Å². The highest BCUT2D eigenvalue weighted by atomic mass is 16.5. The van der Waals surface area contributed by atoms with Crippen molar-refractivity contribution in [2.45, 2.75) is 13.8 Å². The molecule has 2 heteroatoms. The molecule has 0 fully saturated rings. The van der Waals surface area contributed by atoms with E-state index in [1.54, 1.807) is 7.11 Å². The first-order chi connectivity index (χ1) is 9.67. The van der Waals surface area contributed by atoms with Crippen LogP contribution in [0, 0.1) is 13.8 Å². The fraction of sp³-hybridized carbons (Fsp3) is 0.167. The van der Waals surface area contributed by atoms with Crippen LogP contribution in [0.15, 0.2) is 48.5 Å². The van der Waals surface area contributed by atoms with Crippen LogP contribution in [0.25, 0.3) is 22.2 Å². The molecular weight excluding hydrogens is 246 g/mol. The van der Waals surface area contributed by atoms with Gasteiger partial charge in [-0.15, -0.1) is 0 Å². The Labute approximate surface area is 119 Å². The molecule has 3 rings (SSSR count). The average Bonchev–Trinajstić information content (AvgIpc) is 2.46. The van der Waals surface area contributed by atoms with Crippen molar-refractivity contribution < 1.29 is 4.74 Å². The van der Waals surface area contributed by atoms with Crippen LogP contribution >= 0.6 is 0 Å². The number of nitrogens with zero attached hydrogens (tertiary/aromatic N) is 1. The molecule has 0 aliphatic carbocycles. The third-order valence-electron chi connectivity index (χ3n) is 3.55. The van der Waals surface area contributed by atoms with E-state index in [1.165, 1.54) is 16.7 Å². The number of hydrogen-bond donors (Lipinski definition) is 0.